The van der Waals surface area contributed by atoms with Crippen LogP contribution in [0, 0.1) is 6.92 Å². The van der Waals surface area contributed by atoms with Crippen molar-refractivity contribution >= 4 is 90.0 Å². The van der Waals surface area contributed by atoms with Crippen LogP contribution in [0.2, 0.25) is 0 Å². The second kappa shape index (κ2) is 16.5. The van der Waals surface area contributed by atoms with Crippen molar-refractivity contribution in [1.82, 2.24) is 4.57 Å². The second-order valence-electron chi connectivity index (χ2n) is 29.0. The Morgan fingerprint density at radius 3 is 1.65 bits per heavy atom. The van der Waals surface area contributed by atoms with E-state index in [1.165, 1.54) is 106 Å². The van der Waals surface area contributed by atoms with E-state index in [1.807, 2.05) is 0 Å². The van der Waals surface area contributed by atoms with Crippen LogP contribution in [0.4, 0.5) is 28.4 Å². The lowest BCUT2D eigenvalue weighted by Gasteiger charge is -2.46. The molecule has 0 atom stereocenters. The highest BCUT2D eigenvalue weighted by atomic mass is 16.3. The Morgan fingerprint density at radius 1 is 0.487 bits per heavy atom. The Balaban J connectivity index is 1.22. The molecule has 78 heavy (non-hydrogen) atoms. The lowest BCUT2D eigenvalue weighted by Crippen LogP contribution is -2.61. The minimum Gasteiger partial charge on any atom is -0.456 e. The van der Waals surface area contributed by atoms with E-state index in [0.717, 1.165) is 45.4 Å². The van der Waals surface area contributed by atoms with Crippen molar-refractivity contribution in [3.05, 3.63) is 178 Å². The number of aromatic nitrogens is 1. The van der Waals surface area contributed by atoms with Gasteiger partial charge in [0.15, 0.2) is 0 Å². The van der Waals surface area contributed by atoms with E-state index < -0.39 is 0 Å². The first kappa shape index (κ1) is 50.5. The van der Waals surface area contributed by atoms with Crippen molar-refractivity contribution in [2.45, 2.75) is 163 Å². The van der Waals surface area contributed by atoms with Crippen molar-refractivity contribution in [2.24, 2.45) is 0 Å². The molecule has 0 spiro atoms. The summed E-state index contributed by atoms with van der Waals surface area (Å²) < 4.78 is 9.59. The van der Waals surface area contributed by atoms with Gasteiger partial charge in [0.25, 0.3) is 0 Å². The summed E-state index contributed by atoms with van der Waals surface area (Å²) in [5.41, 5.74) is 26.0. The number of rotatable bonds is 4. The first-order valence-corrected chi connectivity index (χ1v) is 28.8. The second-order valence-corrected chi connectivity index (χ2v) is 29.0. The lowest BCUT2D eigenvalue weighted by molar-refractivity contribution is 0.332. The van der Waals surface area contributed by atoms with Crippen LogP contribution in [0.3, 0.4) is 0 Å². The Hall–Kier alpha value is -6.98. The molecular formula is C73H78BN3O. The molecule has 0 saturated carbocycles. The van der Waals surface area contributed by atoms with Gasteiger partial charge in [0.2, 0.25) is 0 Å². The topological polar surface area (TPSA) is 24.6 Å². The Bertz CT molecular complexity index is 4080. The molecule has 0 fully saturated rings. The number of aryl methyl sites for hydroxylation is 1. The number of anilines is 5. The van der Waals surface area contributed by atoms with E-state index >= 15 is 0 Å². The van der Waals surface area contributed by atoms with Crippen LogP contribution in [0.15, 0.2) is 144 Å². The van der Waals surface area contributed by atoms with Crippen LogP contribution in [-0.2, 0) is 32.5 Å². The first-order valence-electron chi connectivity index (χ1n) is 28.8. The van der Waals surface area contributed by atoms with E-state index in [0.29, 0.717) is 0 Å². The molecule has 2 aliphatic heterocycles. The summed E-state index contributed by atoms with van der Waals surface area (Å²) >= 11 is 0. The number of nitrogens with zero attached hydrogens (tertiary/aromatic N) is 3. The number of fused-ring (bicyclic) bond motifs is 12. The summed E-state index contributed by atoms with van der Waals surface area (Å²) in [7, 11) is 0. The highest BCUT2D eigenvalue weighted by molar-refractivity contribution is 6.94. The maximum absolute atomic E-state index is 6.92. The van der Waals surface area contributed by atoms with Crippen molar-refractivity contribution in [1.29, 1.82) is 0 Å². The Kier molecular flexibility index (Phi) is 10.7. The lowest BCUT2D eigenvalue weighted by atomic mass is 9.43. The highest BCUT2D eigenvalue weighted by Gasteiger charge is 2.47. The zero-order valence-electron chi connectivity index (χ0n) is 49.5. The van der Waals surface area contributed by atoms with Crippen LogP contribution in [0.1, 0.15) is 163 Å². The fourth-order valence-electron chi connectivity index (χ4n) is 13.7. The largest absolute Gasteiger partial charge is 0.456 e. The van der Waals surface area contributed by atoms with Gasteiger partial charge in [-0.1, -0.05) is 171 Å². The minimum absolute atomic E-state index is 0.00730. The minimum atomic E-state index is -0.169. The van der Waals surface area contributed by atoms with Crippen LogP contribution in [-0.4, -0.2) is 11.4 Å². The van der Waals surface area contributed by atoms with Crippen molar-refractivity contribution < 1.29 is 4.42 Å². The summed E-state index contributed by atoms with van der Waals surface area (Å²) in [5.74, 6) is 0. The summed E-state index contributed by atoms with van der Waals surface area (Å²) in [5, 5.41) is 4.91. The number of para-hydroxylation sites is 1. The van der Waals surface area contributed by atoms with Gasteiger partial charge in [-0.3, -0.25) is 0 Å². The van der Waals surface area contributed by atoms with Gasteiger partial charge < -0.3 is 18.7 Å². The first-order chi connectivity index (χ1) is 36.6. The van der Waals surface area contributed by atoms with E-state index in [-0.39, 0.29) is 39.3 Å². The van der Waals surface area contributed by atoms with Gasteiger partial charge in [0.05, 0.1) is 11.0 Å². The van der Waals surface area contributed by atoms with E-state index in [1.54, 1.807) is 0 Å². The molecule has 0 N–H and O–H groups in total. The van der Waals surface area contributed by atoms with Gasteiger partial charge in [0.1, 0.15) is 11.2 Å². The van der Waals surface area contributed by atoms with Gasteiger partial charge in [-0.05, 0) is 187 Å². The van der Waals surface area contributed by atoms with Gasteiger partial charge in [-0.2, -0.15) is 0 Å². The van der Waals surface area contributed by atoms with Crippen LogP contribution < -0.4 is 20.6 Å². The molecule has 13 rings (SSSR count). The number of hydrogen-bond donors (Lipinski definition) is 0. The molecule has 0 unspecified atom stereocenters. The Morgan fingerprint density at radius 2 is 1.05 bits per heavy atom. The third-order valence-corrected chi connectivity index (χ3v) is 18.6. The van der Waals surface area contributed by atoms with E-state index in [2.05, 4.69) is 272 Å². The average Bonchev–Trinajstić information content (AvgIpc) is 2.88. The van der Waals surface area contributed by atoms with Gasteiger partial charge in [-0.25, -0.2) is 0 Å². The summed E-state index contributed by atoms with van der Waals surface area (Å²) in [4.78, 5) is 5.30. The number of benzene rings is 8. The molecule has 4 heterocycles. The van der Waals surface area contributed by atoms with Crippen molar-refractivity contribution in [3.63, 3.8) is 0 Å². The smallest absolute Gasteiger partial charge is 0.333 e. The molecule has 5 heteroatoms. The van der Waals surface area contributed by atoms with E-state index in [9.17, 15) is 0 Å². The highest BCUT2D eigenvalue weighted by Crippen LogP contribution is 2.54. The molecule has 10 aromatic rings. The van der Waals surface area contributed by atoms with Crippen molar-refractivity contribution in [3.8, 4) is 16.8 Å². The predicted molar refractivity (Wildman–Crippen MR) is 337 cm³/mol. The molecule has 394 valence electrons. The molecule has 0 saturated heterocycles. The maximum atomic E-state index is 6.92. The van der Waals surface area contributed by atoms with Crippen LogP contribution in [0.5, 0.6) is 0 Å². The molecule has 8 aromatic carbocycles. The van der Waals surface area contributed by atoms with E-state index in [4.69, 9.17) is 4.42 Å². The van der Waals surface area contributed by atoms with Gasteiger partial charge >= 0.3 is 6.85 Å². The molecule has 4 nitrogen and oxygen atoms in total. The molecule has 0 amide bonds. The monoisotopic (exact) mass is 1020 g/mol. The quantitative estimate of drug-likeness (QED) is 0.164. The molecule has 0 bridgehead atoms. The fraction of sp³-hybridized carbons (Fsp3) is 0.342. The molecule has 0 radical (unpaired) electrons. The van der Waals surface area contributed by atoms with Gasteiger partial charge in [0, 0.05) is 61.2 Å². The molecule has 1 aliphatic carbocycles. The standard InChI is InChI=1S/C73H78BN3O/c1-43-36-55-56(73(16,17)35-34-72(55,14)15)42-60(43)77-59-32-33-63-65(51-20-18-19-21-62(51)78-63)64(59)54-40-50(75(48-27-22-44(23-28-48)68(2,3)4)49-29-24-45(25-30-49)69(5,6)7)41-61-66(54)74(77)57-39-47(71(11,12)13)38-53-52-37-46(70(8,9)10)26-31-58(52)76(61)67(53)57/h18-33,36-42H,34-35H2,1-17H3. The zero-order chi connectivity index (χ0) is 55.1. The summed E-state index contributed by atoms with van der Waals surface area (Å²) in [6.07, 6.45) is 2.31. The maximum Gasteiger partial charge on any atom is 0.333 e. The molecule has 3 aliphatic rings. The number of hydrogen-bond acceptors (Lipinski definition) is 3. The third kappa shape index (κ3) is 7.60. The average molecular weight is 1020 g/mol. The molecular weight excluding hydrogens is 946 g/mol. The zero-order valence-corrected chi connectivity index (χ0v) is 49.5. The summed E-state index contributed by atoms with van der Waals surface area (Å²) in [6, 6.07) is 54.8. The number of furan rings is 1. The Labute approximate surface area is 464 Å². The van der Waals surface area contributed by atoms with Gasteiger partial charge in [-0.15, -0.1) is 0 Å². The van der Waals surface area contributed by atoms with Crippen LogP contribution in [0.25, 0.3) is 60.6 Å². The summed E-state index contributed by atoms with van der Waals surface area (Å²) in [6.45, 7) is 40.1. The normalized spacial score (nSPS) is 15.8. The molecule has 2 aromatic heterocycles. The van der Waals surface area contributed by atoms with Crippen molar-refractivity contribution in [2.75, 3.05) is 9.71 Å². The SMILES string of the molecule is Cc1cc2c(cc1N1B3c4c(cc(N(c5ccc(C(C)(C)C)cc5)c5ccc(C(C)(C)C)cc5)cc4-n4c5ccc(C(C)(C)C)cc5c5cc(C(C)(C)C)cc3c54)-c3c1ccc1oc4ccccc4c31)C(C)(C)CCC2(C)C. The van der Waals surface area contributed by atoms with Crippen LogP contribution >= 0.6 is 0 Å². The predicted octanol–water partition coefficient (Wildman–Crippen LogP) is 19.2. The fourth-order valence-corrected chi connectivity index (χ4v) is 13.7. The third-order valence-electron chi connectivity index (χ3n) is 18.6.